The minimum atomic E-state index is -0.0215. The van der Waals surface area contributed by atoms with Crippen LogP contribution in [0.4, 0.5) is 0 Å². The largest absolute Gasteiger partial charge is 0.439 e. The third-order valence-electron chi connectivity index (χ3n) is 5.60. The number of pyridine rings is 1. The van der Waals surface area contributed by atoms with Gasteiger partial charge in [0.25, 0.3) is 5.91 Å². The Morgan fingerprint density at radius 2 is 1.93 bits per heavy atom. The van der Waals surface area contributed by atoms with E-state index in [0.29, 0.717) is 12.4 Å². The Balaban J connectivity index is 1.66. The Morgan fingerprint density at radius 1 is 1.00 bits per heavy atom. The van der Waals surface area contributed by atoms with Gasteiger partial charge in [-0.25, -0.2) is 4.98 Å². The third kappa shape index (κ3) is 2.33. The molecule has 2 aromatic heterocycles. The van der Waals surface area contributed by atoms with Crippen LogP contribution < -0.4 is 10.1 Å². The molecule has 0 saturated heterocycles. The fourth-order valence-corrected chi connectivity index (χ4v) is 4.26. The van der Waals surface area contributed by atoms with Gasteiger partial charge in [-0.15, -0.1) is 0 Å². The van der Waals surface area contributed by atoms with Gasteiger partial charge in [0, 0.05) is 40.9 Å². The molecule has 6 bridgehead atoms. The molecule has 6 rings (SSSR count). The van der Waals surface area contributed by atoms with Crippen molar-refractivity contribution >= 4 is 16.8 Å². The van der Waals surface area contributed by atoms with E-state index in [9.17, 15) is 4.79 Å². The van der Waals surface area contributed by atoms with Crippen LogP contribution in [0, 0.1) is 0 Å². The lowest BCUT2D eigenvalue weighted by atomic mass is 9.91. The number of benzene rings is 2. The normalized spacial score (nSPS) is 17.3. The number of ether oxygens (including phenoxy) is 1. The van der Waals surface area contributed by atoms with Crippen LogP contribution in [-0.2, 0) is 6.42 Å². The zero-order valence-electron chi connectivity index (χ0n) is 15.0. The Morgan fingerprint density at radius 3 is 2.89 bits per heavy atom. The number of aromatic nitrogens is 2. The molecule has 28 heavy (non-hydrogen) atoms. The summed E-state index contributed by atoms with van der Waals surface area (Å²) in [6.07, 6.45) is 0.819. The summed E-state index contributed by atoms with van der Waals surface area (Å²) in [6, 6.07) is 20.0. The van der Waals surface area contributed by atoms with Crippen molar-refractivity contribution in [3.8, 4) is 22.9 Å². The number of nitrogens with zero attached hydrogens (tertiary/aromatic N) is 1. The molecule has 2 N–H and O–H groups in total. The average molecular weight is 367 g/mol. The molecule has 136 valence electrons. The zero-order chi connectivity index (χ0) is 18.7. The van der Waals surface area contributed by atoms with E-state index in [1.807, 2.05) is 48.5 Å². The van der Waals surface area contributed by atoms with E-state index >= 15 is 0 Å². The summed E-state index contributed by atoms with van der Waals surface area (Å²) in [4.78, 5) is 20.8. The number of aromatic amines is 1. The third-order valence-corrected chi connectivity index (χ3v) is 5.60. The van der Waals surface area contributed by atoms with Crippen LogP contribution in [-0.4, -0.2) is 22.4 Å². The molecule has 0 spiro atoms. The van der Waals surface area contributed by atoms with Gasteiger partial charge in [0.05, 0.1) is 11.1 Å². The second-order valence-corrected chi connectivity index (χ2v) is 7.40. The van der Waals surface area contributed by atoms with E-state index in [1.54, 1.807) is 0 Å². The quantitative estimate of drug-likeness (QED) is 0.484. The molecule has 1 amide bonds. The first-order valence-electron chi connectivity index (χ1n) is 9.43. The Bertz CT molecular complexity index is 1260. The Hall–Kier alpha value is -3.60. The van der Waals surface area contributed by atoms with Gasteiger partial charge in [-0.2, -0.15) is 0 Å². The zero-order valence-corrected chi connectivity index (χ0v) is 15.0. The van der Waals surface area contributed by atoms with E-state index in [2.05, 4.69) is 22.4 Å². The lowest BCUT2D eigenvalue weighted by molar-refractivity contribution is 0.0940. The van der Waals surface area contributed by atoms with Gasteiger partial charge in [0.1, 0.15) is 5.75 Å². The average Bonchev–Trinajstić information content (AvgIpc) is 3.16. The van der Waals surface area contributed by atoms with Gasteiger partial charge in [-0.05, 0) is 36.2 Å². The molecule has 0 fully saturated rings. The standard InChI is InChI=1S/C23H17N3O2/c27-23-18-11-19-17-6-2-4-14-7-8-20(26-21(14)17)28-16-5-1-3-13(10-16)9-15(12-24-23)22(18)25-19/h1-8,10-11,15,25H,9,12H2,(H,24,27). The number of H-pyrrole nitrogens is 1. The molecule has 0 saturated carbocycles. The van der Waals surface area contributed by atoms with Gasteiger partial charge in [-0.3, -0.25) is 4.79 Å². The van der Waals surface area contributed by atoms with Crippen molar-refractivity contribution in [2.75, 3.05) is 6.54 Å². The molecule has 5 heteroatoms. The molecule has 4 aromatic rings. The van der Waals surface area contributed by atoms with Crippen molar-refractivity contribution in [3.63, 3.8) is 0 Å². The van der Waals surface area contributed by atoms with Crippen LogP contribution in [0.1, 0.15) is 27.5 Å². The number of para-hydroxylation sites is 1. The van der Waals surface area contributed by atoms with Crippen LogP contribution >= 0.6 is 0 Å². The van der Waals surface area contributed by atoms with E-state index in [1.165, 1.54) is 5.56 Å². The summed E-state index contributed by atoms with van der Waals surface area (Å²) < 4.78 is 6.06. The van der Waals surface area contributed by atoms with Crippen molar-refractivity contribution in [2.24, 2.45) is 0 Å². The monoisotopic (exact) mass is 367 g/mol. The van der Waals surface area contributed by atoms with Gasteiger partial charge in [0.2, 0.25) is 5.88 Å². The SMILES string of the molecule is O=C1NCC2Cc3cccc(c3)Oc3ccc4cccc(c4n3)-c3cc1c2[nH]3. The second kappa shape index (κ2) is 5.70. The van der Waals surface area contributed by atoms with Crippen molar-refractivity contribution in [1.82, 2.24) is 15.3 Å². The molecule has 2 aliphatic rings. The van der Waals surface area contributed by atoms with E-state index in [4.69, 9.17) is 9.72 Å². The summed E-state index contributed by atoms with van der Waals surface area (Å²) >= 11 is 0. The predicted molar refractivity (Wildman–Crippen MR) is 107 cm³/mol. The lowest BCUT2D eigenvalue weighted by Crippen LogP contribution is -2.35. The molecular formula is C23H17N3O2. The number of fused-ring (bicyclic) bond motifs is 5. The van der Waals surface area contributed by atoms with E-state index in [-0.39, 0.29) is 11.8 Å². The smallest absolute Gasteiger partial charge is 0.253 e. The molecule has 1 unspecified atom stereocenters. The first-order valence-corrected chi connectivity index (χ1v) is 9.43. The highest BCUT2D eigenvalue weighted by Crippen LogP contribution is 2.35. The minimum Gasteiger partial charge on any atom is -0.439 e. The Kier molecular flexibility index (Phi) is 3.14. The number of rotatable bonds is 0. The number of carbonyl (C=O) groups excluding carboxylic acids is 1. The Labute approximate surface area is 161 Å². The molecule has 2 aliphatic heterocycles. The maximum absolute atomic E-state index is 12.5. The van der Waals surface area contributed by atoms with Crippen LogP contribution in [0.3, 0.4) is 0 Å². The summed E-state index contributed by atoms with van der Waals surface area (Å²) in [5, 5.41) is 4.06. The highest BCUT2D eigenvalue weighted by atomic mass is 16.5. The molecule has 0 aliphatic carbocycles. The summed E-state index contributed by atoms with van der Waals surface area (Å²) in [6.45, 7) is 0.618. The number of hydrogen-bond acceptors (Lipinski definition) is 3. The van der Waals surface area contributed by atoms with Crippen LogP contribution in [0.25, 0.3) is 22.2 Å². The fraction of sp³-hybridized carbons (Fsp3) is 0.130. The maximum atomic E-state index is 12.5. The van der Waals surface area contributed by atoms with Gasteiger partial charge in [0.15, 0.2) is 0 Å². The van der Waals surface area contributed by atoms with Gasteiger partial charge >= 0.3 is 0 Å². The minimum absolute atomic E-state index is 0.0215. The van der Waals surface area contributed by atoms with E-state index in [0.717, 1.165) is 45.6 Å². The number of nitrogens with one attached hydrogen (secondary N) is 2. The van der Waals surface area contributed by atoms with Crippen molar-refractivity contribution in [2.45, 2.75) is 12.3 Å². The van der Waals surface area contributed by atoms with E-state index < -0.39 is 0 Å². The van der Waals surface area contributed by atoms with Crippen molar-refractivity contribution < 1.29 is 9.53 Å². The second-order valence-electron chi connectivity index (χ2n) is 7.40. The fourth-order valence-electron chi connectivity index (χ4n) is 4.26. The van der Waals surface area contributed by atoms with Gasteiger partial charge in [-0.1, -0.05) is 30.3 Å². The summed E-state index contributed by atoms with van der Waals surface area (Å²) in [7, 11) is 0. The molecule has 4 heterocycles. The lowest BCUT2D eigenvalue weighted by Gasteiger charge is -2.23. The predicted octanol–water partition coefficient (Wildman–Crippen LogP) is 4.41. The summed E-state index contributed by atoms with van der Waals surface area (Å²) in [5.41, 5.74) is 5.62. The first-order chi connectivity index (χ1) is 13.7. The molecular weight excluding hydrogens is 350 g/mol. The number of amides is 1. The highest BCUT2D eigenvalue weighted by molar-refractivity contribution is 6.00. The van der Waals surface area contributed by atoms with Crippen LogP contribution in [0.15, 0.2) is 60.7 Å². The molecule has 5 nitrogen and oxygen atoms in total. The highest BCUT2D eigenvalue weighted by Gasteiger charge is 2.29. The topological polar surface area (TPSA) is 67.0 Å². The first kappa shape index (κ1) is 15.5. The molecule has 0 radical (unpaired) electrons. The maximum Gasteiger partial charge on any atom is 0.253 e. The number of carbonyl (C=O) groups is 1. The van der Waals surface area contributed by atoms with Gasteiger partial charge < -0.3 is 15.0 Å². The van der Waals surface area contributed by atoms with Crippen LogP contribution in [0.2, 0.25) is 0 Å². The van der Waals surface area contributed by atoms with Crippen molar-refractivity contribution in [1.29, 1.82) is 0 Å². The number of hydrogen-bond donors (Lipinski definition) is 2. The van der Waals surface area contributed by atoms with Crippen LogP contribution in [0.5, 0.6) is 11.6 Å². The summed E-state index contributed by atoms with van der Waals surface area (Å²) in [5.74, 6) is 1.50. The van der Waals surface area contributed by atoms with Crippen molar-refractivity contribution in [3.05, 3.63) is 77.5 Å². The molecule has 1 atom stereocenters. The molecule has 2 aromatic carbocycles.